The summed E-state index contributed by atoms with van der Waals surface area (Å²) in [5.41, 5.74) is -1.48. The molecule has 0 aliphatic carbocycles. The molecule has 0 spiro atoms. The first-order chi connectivity index (χ1) is 5.81. The molecule has 3 nitrogen and oxygen atoms in total. The molecule has 13 heavy (non-hydrogen) atoms. The highest BCUT2D eigenvalue weighted by molar-refractivity contribution is 6.33. The molecule has 0 saturated carbocycles. The summed E-state index contributed by atoms with van der Waals surface area (Å²) in [6.07, 6.45) is -3.14. The molecular weight excluding hydrogens is 182 g/mol. The lowest BCUT2D eigenvalue weighted by molar-refractivity contribution is -0.153. The van der Waals surface area contributed by atoms with Crippen LogP contribution in [0.1, 0.15) is 20.3 Å². The SMILES string of the molecule is COC(=O)C(=O)CC(C)(C)C(F)F. The highest BCUT2D eigenvalue weighted by Crippen LogP contribution is 2.28. The first-order valence-electron chi connectivity index (χ1n) is 3.70. The van der Waals surface area contributed by atoms with Crippen LogP contribution in [0.4, 0.5) is 8.78 Å². The van der Waals surface area contributed by atoms with E-state index in [-0.39, 0.29) is 0 Å². The molecule has 76 valence electrons. The van der Waals surface area contributed by atoms with Gasteiger partial charge in [-0.3, -0.25) is 4.79 Å². The van der Waals surface area contributed by atoms with Crippen molar-refractivity contribution in [3.63, 3.8) is 0 Å². The van der Waals surface area contributed by atoms with Gasteiger partial charge in [-0.1, -0.05) is 13.8 Å². The fourth-order valence-electron chi connectivity index (χ4n) is 0.677. The predicted molar refractivity (Wildman–Crippen MR) is 41.4 cm³/mol. The van der Waals surface area contributed by atoms with Gasteiger partial charge >= 0.3 is 5.97 Å². The lowest BCUT2D eigenvalue weighted by Crippen LogP contribution is -2.29. The van der Waals surface area contributed by atoms with Gasteiger partial charge in [0.05, 0.1) is 7.11 Å². The zero-order chi connectivity index (χ0) is 10.6. The standard InChI is InChI=1S/C8H12F2O3/c1-8(2,7(9)10)4-5(11)6(12)13-3/h7H,4H2,1-3H3. The van der Waals surface area contributed by atoms with Gasteiger partial charge in [0.25, 0.3) is 0 Å². The van der Waals surface area contributed by atoms with Gasteiger partial charge in [0.1, 0.15) is 0 Å². The second kappa shape index (κ2) is 4.30. The van der Waals surface area contributed by atoms with Crippen LogP contribution in [0.15, 0.2) is 0 Å². The Hall–Kier alpha value is -1.00. The molecule has 0 aromatic carbocycles. The molecule has 0 unspecified atom stereocenters. The Bertz CT molecular complexity index is 211. The van der Waals surface area contributed by atoms with Gasteiger partial charge in [0, 0.05) is 11.8 Å². The maximum Gasteiger partial charge on any atom is 0.374 e. The summed E-state index contributed by atoms with van der Waals surface area (Å²) in [6.45, 7) is 2.44. The molecule has 0 aliphatic heterocycles. The van der Waals surface area contributed by atoms with Gasteiger partial charge in [0.15, 0.2) is 0 Å². The van der Waals surface area contributed by atoms with Gasteiger partial charge in [-0.15, -0.1) is 0 Å². The first kappa shape index (κ1) is 12.0. The quantitative estimate of drug-likeness (QED) is 0.502. The Labute approximate surface area is 75.1 Å². The van der Waals surface area contributed by atoms with Crippen molar-refractivity contribution in [3.8, 4) is 0 Å². The number of ketones is 1. The van der Waals surface area contributed by atoms with Crippen LogP contribution in [0.5, 0.6) is 0 Å². The molecule has 0 rings (SSSR count). The minimum absolute atomic E-state index is 0.503. The van der Waals surface area contributed by atoms with Crippen LogP contribution >= 0.6 is 0 Å². The van der Waals surface area contributed by atoms with E-state index in [2.05, 4.69) is 4.74 Å². The van der Waals surface area contributed by atoms with Crippen molar-refractivity contribution >= 4 is 11.8 Å². The average molecular weight is 194 g/mol. The normalized spacial score (nSPS) is 11.5. The molecule has 0 radical (unpaired) electrons. The van der Waals surface area contributed by atoms with Crippen molar-refractivity contribution in [1.82, 2.24) is 0 Å². The topological polar surface area (TPSA) is 43.4 Å². The van der Waals surface area contributed by atoms with E-state index in [0.29, 0.717) is 0 Å². The van der Waals surface area contributed by atoms with Crippen molar-refractivity contribution in [2.45, 2.75) is 26.7 Å². The number of alkyl halides is 2. The summed E-state index contributed by atoms with van der Waals surface area (Å²) < 4.78 is 28.6. The van der Waals surface area contributed by atoms with E-state index in [1.54, 1.807) is 0 Å². The molecule has 5 heteroatoms. The molecule has 0 saturated heterocycles. The Morgan fingerprint density at radius 3 is 2.15 bits per heavy atom. The summed E-state index contributed by atoms with van der Waals surface area (Å²) in [7, 11) is 1.04. The maximum atomic E-state index is 12.2. The summed E-state index contributed by atoms with van der Waals surface area (Å²) in [5.74, 6) is -2.00. The highest BCUT2D eigenvalue weighted by atomic mass is 19.3. The summed E-state index contributed by atoms with van der Waals surface area (Å²) in [5, 5.41) is 0. The number of rotatable bonds is 4. The number of methoxy groups -OCH3 is 1. The molecule has 0 atom stereocenters. The van der Waals surface area contributed by atoms with E-state index >= 15 is 0 Å². The lowest BCUT2D eigenvalue weighted by Gasteiger charge is -2.21. The molecule has 0 fully saturated rings. The van der Waals surface area contributed by atoms with Crippen LogP contribution in [0.2, 0.25) is 0 Å². The van der Waals surface area contributed by atoms with Gasteiger partial charge in [0.2, 0.25) is 12.2 Å². The Kier molecular flexibility index (Phi) is 3.97. The number of Topliss-reactive ketones (excluding diaryl/α,β-unsaturated/α-hetero) is 1. The largest absolute Gasteiger partial charge is 0.463 e. The van der Waals surface area contributed by atoms with Crippen molar-refractivity contribution in [2.75, 3.05) is 7.11 Å². The van der Waals surface area contributed by atoms with Gasteiger partial charge in [-0.25, -0.2) is 13.6 Å². The van der Waals surface area contributed by atoms with E-state index in [0.717, 1.165) is 7.11 Å². The van der Waals surface area contributed by atoms with Crippen LogP contribution in [0, 0.1) is 5.41 Å². The summed E-state index contributed by atoms with van der Waals surface area (Å²) >= 11 is 0. The fourth-order valence-corrected chi connectivity index (χ4v) is 0.677. The molecule has 0 aromatic heterocycles. The Balaban J connectivity index is 4.28. The van der Waals surface area contributed by atoms with E-state index in [1.807, 2.05) is 0 Å². The minimum Gasteiger partial charge on any atom is -0.463 e. The Morgan fingerprint density at radius 1 is 1.38 bits per heavy atom. The molecular formula is C8H12F2O3. The van der Waals surface area contributed by atoms with Crippen LogP contribution in [0.25, 0.3) is 0 Å². The van der Waals surface area contributed by atoms with Crippen molar-refractivity contribution in [1.29, 1.82) is 0 Å². The average Bonchev–Trinajstić information content (AvgIpc) is 2.01. The smallest absolute Gasteiger partial charge is 0.374 e. The third-order valence-electron chi connectivity index (χ3n) is 1.62. The van der Waals surface area contributed by atoms with Gasteiger partial charge < -0.3 is 4.74 Å². The highest BCUT2D eigenvalue weighted by Gasteiger charge is 2.34. The molecule has 0 aromatic rings. The van der Waals surface area contributed by atoms with E-state index in [4.69, 9.17) is 0 Å². The fraction of sp³-hybridized carbons (Fsp3) is 0.750. The minimum atomic E-state index is -2.64. The maximum absolute atomic E-state index is 12.2. The van der Waals surface area contributed by atoms with Crippen LogP contribution in [0.3, 0.4) is 0 Å². The first-order valence-corrected chi connectivity index (χ1v) is 3.70. The second-order valence-corrected chi connectivity index (χ2v) is 3.38. The van der Waals surface area contributed by atoms with Crippen molar-refractivity contribution in [2.24, 2.45) is 5.41 Å². The summed E-state index contributed by atoms with van der Waals surface area (Å²) in [6, 6.07) is 0. The molecule has 0 aliphatic rings. The molecule has 0 amide bonds. The van der Waals surface area contributed by atoms with Gasteiger partial charge in [-0.05, 0) is 0 Å². The van der Waals surface area contributed by atoms with E-state index < -0.39 is 30.0 Å². The number of esters is 1. The number of carbonyl (C=O) groups is 2. The zero-order valence-electron chi connectivity index (χ0n) is 7.77. The number of hydrogen-bond acceptors (Lipinski definition) is 3. The van der Waals surface area contributed by atoms with Crippen LogP contribution < -0.4 is 0 Å². The molecule has 0 heterocycles. The number of halogens is 2. The monoisotopic (exact) mass is 194 g/mol. The molecule has 0 bridgehead atoms. The third-order valence-corrected chi connectivity index (χ3v) is 1.62. The van der Waals surface area contributed by atoms with Crippen molar-refractivity contribution in [3.05, 3.63) is 0 Å². The second-order valence-electron chi connectivity index (χ2n) is 3.38. The zero-order valence-corrected chi connectivity index (χ0v) is 7.77. The summed E-state index contributed by atoms with van der Waals surface area (Å²) in [4.78, 5) is 21.5. The third kappa shape index (κ3) is 3.48. The van der Waals surface area contributed by atoms with Crippen molar-refractivity contribution < 1.29 is 23.1 Å². The molecule has 0 N–H and O–H groups in total. The lowest BCUT2D eigenvalue weighted by atomic mass is 9.88. The van der Waals surface area contributed by atoms with Crippen LogP contribution in [-0.4, -0.2) is 25.3 Å². The van der Waals surface area contributed by atoms with E-state index in [1.165, 1.54) is 13.8 Å². The number of ether oxygens (including phenoxy) is 1. The number of carbonyl (C=O) groups excluding carboxylic acids is 2. The Morgan fingerprint density at radius 2 is 1.85 bits per heavy atom. The van der Waals surface area contributed by atoms with E-state index in [9.17, 15) is 18.4 Å². The van der Waals surface area contributed by atoms with Crippen LogP contribution in [-0.2, 0) is 14.3 Å². The number of hydrogen-bond donors (Lipinski definition) is 0. The van der Waals surface area contributed by atoms with Gasteiger partial charge in [-0.2, -0.15) is 0 Å². The predicted octanol–water partition coefficient (Wildman–Crippen LogP) is 1.41.